The highest BCUT2D eigenvalue weighted by molar-refractivity contribution is 5.78. The molecule has 0 aliphatic heterocycles. The Morgan fingerprint density at radius 3 is 2.79 bits per heavy atom. The van der Waals surface area contributed by atoms with Gasteiger partial charge in [0, 0.05) is 5.56 Å². The van der Waals surface area contributed by atoms with Crippen molar-refractivity contribution in [2.75, 3.05) is 6.61 Å². The van der Waals surface area contributed by atoms with Crippen molar-refractivity contribution in [3.63, 3.8) is 0 Å². The molecule has 0 unspecified atom stereocenters. The van der Waals surface area contributed by atoms with Gasteiger partial charge in [-0.15, -0.1) is 0 Å². The summed E-state index contributed by atoms with van der Waals surface area (Å²) in [7, 11) is 0. The molecule has 102 valence electrons. The van der Waals surface area contributed by atoms with Gasteiger partial charge in [0.15, 0.2) is 0 Å². The van der Waals surface area contributed by atoms with Crippen LogP contribution in [0.3, 0.4) is 0 Å². The number of aromatic amines is 1. The molecule has 1 aromatic heterocycles. The lowest BCUT2D eigenvalue weighted by molar-refractivity contribution is -0.144. The first-order chi connectivity index (χ1) is 8.88. The summed E-state index contributed by atoms with van der Waals surface area (Å²) in [6.07, 6.45) is -4.56. The number of fused-ring (bicyclic) bond motifs is 1. The minimum atomic E-state index is -4.56. The summed E-state index contributed by atoms with van der Waals surface area (Å²) >= 11 is 0. The molecule has 0 spiro atoms. The van der Waals surface area contributed by atoms with E-state index in [0.29, 0.717) is 5.56 Å². The highest BCUT2D eigenvalue weighted by Gasteiger charge is 2.34. The summed E-state index contributed by atoms with van der Waals surface area (Å²) in [6, 6.07) is 4.53. The van der Waals surface area contributed by atoms with Crippen LogP contribution in [-0.2, 0) is 22.3 Å². The average molecular weight is 274 g/mol. The Labute approximate surface area is 105 Å². The summed E-state index contributed by atoms with van der Waals surface area (Å²) in [6.45, 7) is -0.640. The molecule has 5 nitrogen and oxygen atoms in total. The number of hydrogen-bond donors (Lipinski definition) is 2. The van der Waals surface area contributed by atoms with Gasteiger partial charge < -0.3 is 14.8 Å². The molecule has 0 atom stereocenters. The Morgan fingerprint density at radius 2 is 2.16 bits per heavy atom. The number of nitrogens with zero attached hydrogens (tertiary/aromatic N) is 1. The van der Waals surface area contributed by atoms with Crippen LogP contribution in [0.4, 0.5) is 13.2 Å². The fraction of sp³-hybridized carbons (Fsp3) is 0.273. The predicted molar refractivity (Wildman–Crippen MR) is 58.4 cm³/mol. The molecule has 2 N–H and O–H groups in total. The molecule has 0 aliphatic rings. The number of hydrogen-bond acceptors (Lipinski definition) is 3. The van der Waals surface area contributed by atoms with E-state index in [1.165, 1.54) is 12.1 Å². The van der Waals surface area contributed by atoms with Gasteiger partial charge in [0.25, 0.3) is 0 Å². The van der Waals surface area contributed by atoms with E-state index in [4.69, 9.17) is 9.84 Å². The van der Waals surface area contributed by atoms with E-state index in [1.807, 2.05) is 0 Å². The first kappa shape index (κ1) is 13.3. The van der Waals surface area contributed by atoms with Crippen molar-refractivity contribution in [2.45, 2.75) is 12.8 Å². The number of carboxylic acids is 1. The molecule has 0 amide bonds. The van der Waals surface area contributed by atoms with E-state index in [0.717, 1.165) is 0 Å². The van der Waals surface area contributed by atoms with Crippen molar-refractivity contribution in [1.82, 2.24) is 9.97 Å². The molecule has 0 bridgehead atoms. The number of para-hydroxylation sites is 1. The van der Waals surface area contributed by atoms with E-state index in [1.54, 1.807) is 6.07 Å². The zero-order chi connectivity index (χ0) is 14.0. The standard InChI is InChI=1S/C11H9F3N2O3/c12-11(13,14)10-15-7-3-1-2-6(9(7)16-10)4-19-5-8(17)18/h1-3H,4-5H2,(H,15,16)(H,17,18). The number of halogens is 3. The van der Waals surface area contributed by atoms with E-state index >= 15 is 0 Å². The van der Waals surface area contributed by atoms with Crippen LogP contribution in [0.2, 0.25) is 0 Å². The molecular weight excluding hydrogens is 265 g/mol. The summed E-state index contributed by atoms with van der Waals surface area (Å²) in [4.78, 5) is 15.9. The monoisotopic (exact) mass is 274 g/mol. The Bertz CT molecular complexity index is 607. The van der Waals surface area contributed by atoms with Crippen LogP contribution in [0, 0.1) is 0 Å². The number of alkyl halides is 3. The third kappa shape index (κ3) is 3.02. The van der Waals surface area contributed by atoms with Crippen LogP contribution in [-0.4, -0.2) is 27.7 Å². The average Bonchev–Trinajstić information content (AvgIpc) is 2.72. The van der Waals surface area contributed by atoms with Crippen molar-refractivity contribution < 1.29 is 27.8 Å². The highest BCUT2D eigenvalue weighted by Crippen LogP contribution is 2.29. The molecule has 1 aromatic carbocycles. The second kappa shape index (κ2) is 4.88. The normalized spacial score (nSPS) is 11.9. The molecule has 1 heterocycles. The number of carbonyl (C=O) groups is 1. The van der Waals surface area contributed by atoms with Gasteiger partial charge in [-0.05, 0) is 6.07 Å². The van der Waals surface area contributed by atoms with Gasteiger partial charge in [0.05, 0.1) is 17.6 Å². The van der Waals surface area contributed by atoms with Gasteiger partial charge in [-0.25, -0.2) is 9.78 Å². The van der Waals surface area contributed by atoms with E-state index in [-0.39, 0.29) is 17.6 Å². The number of nitrogens with one attached hydrogen (secondary N) is 1. The largest absolute Gasteiger partial charge is 0.480 e. The van der Waals surface area contributed by atoms with Gasteiger partial charge in [-0.1, -0.05) is 12.1 Å². The SMILES string of the molecule is O=C(O)COCc1cccc2[nH]c(C(F)(F)F)nc12. The van der Waals surface area contributed by atoms with Crippen LogP contribution >= 0.6 is 0 Å². The number of aromatic nitrogens is 2. The van der Waals surface area contributed by atoms with Crippen molar-refractivity contribution in [2.24, 2.45) is 0 Å². The predicted octanol–water partition coefficient (Wildman–Crippen LogP) is 2.18. The van der Waals surface area contributed by atoms with Gasteiger partial charge in [0.1, 0.15) is 6.61 Å². The number of ether oxygens (including phenoxy) is 1. The summed E-state index contributed by atoms with van der Waals surface area (Å²) < 4.78 is 42.4. The van der Waals surface area contributed by atoms with Gasteiger partial charge in [-0.2, -0.15) is 13.2 Å². The van der Waals surface area contributed by atoms with Gasteiger partial charge in [-0.3, -0.25) is 0 Å². The summed E-state index contributed by atoms with van der Waals surface area (Å²) in [5.74, 6) is -2.24. The molecule has 0 fully saturated rings. The van der Waals surface area contributed by atoms with E-state index in [9.17, 15) is 18.0 Å². The lowest BCUT2D eigenvalue weighted by Gasteiger charge is -2.02. The molecule has 2 aromatic rings. The molecule has 0 saturated carbocycles. The maximum absolute atomic E-state index is 12.5. The zero-order valence-electron chi connectivity index (χ0n) is 9.49. The van der Waals surface area contributed by atoms with Crippen LogP contribution in [0.5, 0.6) is 0 Å². The Kier molecular flexibility index (Phi) is 3.43. The highest BCUT2D eigenvalue weighted by atomic mass is 19.4. The molecular formula is C11H9F3N2O3. The van der Waals surface area contributed by atoms with Crippen molar-refractivity contribution in [3.05, 3.63) is 29.6 Å². The molecule has 2 rings (SSSR count). The van der Waals surface area contributed by atoms with Crippen LogP contribution in [0.1, 0.15) is 11.4 Å². The minimum Gasteiger partial charge on any atom is -0.480 e. The first-order valence-electron chi connectivity index (χ1n) is 5.22. The van der Waals surface area contributed by atoms with E-state index in [2.05, 4.69) is 9.97 Å². The number of carboxylic acid groups (broad SMARTS) is 1. The number of benzene rings is 1. The first-order valence-corrected chi connectivity index (χ1v) is 5.22. The topological polar surface area (TPSA) is 75.2 Å². The Balaban J connectivity index is 2.29. The molecule has 0 saturated heterocycles. The quantitative estimate of drug-likeness (QED) is 0.896. The third-order valence-electron chi connectivity index (χ3n) is 2.35. The third-order valence-corrected chi connectivity index (χ3v) is 2.35. The van der Waals surface area contributed by atoms with Crippen LogP contribution < -0.4 is 0 Å². The molecule has 0 aliphatic carbocycles. The fourth-order valence-corrected chi connectivity index (χ4v) is 1.59. The second-order valence-electron chi connectivity index (χ2n) is 3.78. The summed E-state index contributed by atoms with van der Waals surface area (Å²) in [5.41, 5.74) is 0.745. The molecule has 19 heavy (non-hydrogen) atoms. The van der Waals surface area contributed by atoms with Crippen LogP contribution in [0.15, 0.2) is 18.2 Å². The molecule has 0 radical (unpaired) electrons. The van der Waals surface area contributed by atoms with Gasteiger partial charge in [0.2, 0.25) is 5.82 Å². The molecule has 8 heteroatoms. The van der Waals surface area contributed by atoms with Crippen molar-refractivity contribution >= 4 is 17.0 Å². The number of rotatable bonds is 4. The van der Waals surface area contributed by atoms with Crippen molar-refractivity contribution in [3.8, 4) is 0 Å². The number of H-pyrrole nitrogens is 1. The fourth-order valence-electron chi connectivity index (χ4n) is 1.59. The van der Waals surface area contributed by atoms with Gasteiger partial charge >= 0.3 is 12.1 Å². The maximum Gasteiger partial charge on any atom is 0.449 e. The lowest BCUT2D eigenvalue weighted by atomic mass is 10.2. The van der Waals surface area contributed by atoms with Crippen LogP contribution in [0.25, 0.3) is 11.0 Å². The maximum atomic E-state index is 12.5. The minimum absolute atomic E-state index is 0.119. The van der Waals surface area contributed by atoms with Crippen molar-refractivity contribution in [1.29, 1.82) is 0 Å². The number of imidazole rings is 1. The second-order valence-corrected chi connectivity index (χ2v) is 3.78. The lowest BCUT2D eigenvalue weighted by Crippen LogP contribution is -2.07. The Hall–Kier alpha value is -2.09. The number of aliphatic carboxylic acids is 1. The summed E-state index contributed by atoms with van der Waals surface area (Å²) in [5, 5.41) is 8.42. The van der Waals surface area contributed by atoms with E-state index < -0.39 is 24.6 Å². The zero-order valence-corrected chi connectivity index (χ0v) is 9.49. The smallest absolute Gasteiger partial charge is 0.449 e. The Morgan fingerprint density at radius 1 is 1.42 bits per heavy atom.